The van der Waals surface area contributed by atoms with Crippen LogP contribution in [0.25, 0.3) is 0 Å². The molecule has 1 amide bonds. The van der Waals surface area contributed by atoms with E-state index >= 15 is 0 Å². The van der Waals surface area contributed by atoms with Gasteiger partial charge < -0.3 is 10.4 Å². The molecule has 4 nitrogen and oxygen atoms in total. The maximum Gasteiger partial charge on any atom is 0.234 e. The lowest BCUT2D eigenvalue weighted by atomic mass is 10.2. The molecule has 4 heteroatoms. The predicted octanol–water partition coefficient (Wildman–Crippen LogP) is 0.615. The van der Waals surface area contributed by atoms with Crippen LogP contribution in [0.4, 0.5) is 0 Å². The minimum Gasteiger partial charge on any atom is -0.392 e. The normalized spacial score (nSPS) is 12.5. The summed E-state index contributed by atoms with van der Waals surface area (Å²) in [5.41, 5.74) is 1.18. The second-order valence-corrected chi connectivity index (χ2v) is 4.31. The highest BCUT2D eigenvalue weighted by Crippen LogP contribution is 2.01. The topological polar surface area (TPSA) is 52.6 Å². The summed E-state index contributed by atoms with van der Waals surface area (Å²) >= 11 is 0. The number of hydrogen-bond donors (Lipinski definition) is 2. The molecular formula is C13H20N2O2. The molecule has 1 rings (SSSR count). The lowest BCUT2D eigenvalue weighted by Gasteiger charge is -2.16. The van der Waals surface area contributed by atoms with Crippen molar-refractivity contribution in [1.82, 2.24) is 10.2 Å². The molecule has 1 aromatic carbocycles. The second kappa shape index (κ2) is 7.04. The van der Waals surface area contributed by atoms with Gasteiger partial charge in [0.2, 0.25) is 5.91 Å². The number of rotatable bonds is 6. The molecule has 0 fully saturated rings. The number of nitrogens with one attached hydrogen (secondary N) is 1. The number of likely N-dealkylation sites (N-methyl/N-ethyl adjacent to an activating group) is 1. The van der Waals surface area contributed by atoms with Crippen LogP contribution in [0.3, 0.4) is 0 Å². The fraction of sp³-hybridized carbons (Fsp3) is 0.462. The molecule has 0 aliphatic rings. The number of aliphatic hydroxyl groups excluding tert-OH is 1. The van der Waals surface area contributed by atoms with E-state index in [9.17, 15) is 4.79 Å². The van der Waals surface area contributed by atoms with Crippen LogP contribution in [0.15, 0.2) is 30.3 Å². The lowest BCUT2D eigenvalue weighted by Crippen LogP contribution is -2.38. The molecule has 0 saturated heterocycles. The molecule has 2 N–H and O–H groups in total. The molecular weight excluding hydrogens is 216 g/mol. The molecule has 0 aliphatic carbocycles. The molecule has 1 unspecified atom stereocenters. The molecule has 0 spiro atoms. The molecule has 1 aromatic rings. The summed E-state index contributed by atoms with van der Waals surface area (Å²) in [6, 6.07) is 10.0. The monoisotopic (exact) mass is 236 g/mol. The number of benzene rings is 1. The van der Waals surface area contributed by atoms with E-state index < -0.39 is 6.10 Å². The van der Waals surface area contributed by atoms with E-state index in [1.165, 1.54) is 5.56 Å². The van der Waals surface area contributed by atoms with E-state index in [-0.39, 0.29) is 5.91 Å². The SMILES string of the molecule is CC(O)CNC(=O)CN(C)Cc1ccccc1. The summed E-state index contributed by atoms with van der Waals surface area (Å²) in [6.45, 7) is 3.02. The Morgan fingerprint density at radius 3 is 2.65 bits per heavy atom. The van der Waals surface area contributed by atoms with Crippen LogP contribution in [0.2, 0.25) is 0 Å². The molecule has 1 atom stereocenters. The van der Waals surface area contributed by atoms with E-state index in [0.29, 0.717) is 13.1 Å². The zero-order chi connectivity index (χ0) is 12.7. The maximum absolute atomic E-state index is 11.5. The molecule has 0 saturated carbocycles. The van der Waals surface area contributed by atoms with Crippen molar-refractivity contribution >= 4 is 5.91 Å². The lowest BCUT2D eigenvalue weighted by molar-refractivity contribution is -0.122. The van der Waals surface area contributed by atoms with Gasteiger partial charge in [0.25, 0.3) is 0 Å². The summed E-state index contributed by atoms with van der Waals surface area (Å²) in [6.07, 6.45) is -0.502. The van der Waals surface area contributed by atoms with Crippen molar-refractivity contribution in [2.24, 2.45) is 0 Å². The van der Waals surface area contributed by atoms with Crippen molar-refractivity contribution in [3.8, 4) is 0 Å². The van der Waals surface area contributed by atoms with E-state index in [4.69, 9.17) is 5.11 Å². The quantitative estimate of drug-likeness (QED) is 0.761. The van der Waals surface area contributed by atoms with Crippen LogP contribution < -0.4 is 5.32 Å². The Bertz CT molecular complexity index is 339. The van der Waals surface area contributed by atoms with E-state index in [1.807, 2.05) is 42.3 Å². The highest BCUT2D eigenvalue weighted by molar-refractivity contribution is 5.77. The van der Waals surface area contributed by atoms with Crippen LogP contribution in [0.1, 0.15) is 12.5 Å². The predicted molar refractivity (Wildman–Crippen MR) is 67.5 cm³/mol. The van der Waals surface area contributed by atoms with Gasteiger partial charge in [-0.25, -0.2) is 0 Å². The van der Waals surface area contributed by atoms with Crippen LogP contribution in [-0.2, 0) is 11.3 Å². The van der Waals surface area contributed by atoms with E-state index in [2.05, 4.69) is 5.32 Å². The van der Waals surface area contributed by atoms with Crippen LogP contribution in [0.5, 0.6) is 0 Å². The Morgan fingerprint density at radius 1 is 1.41 bits per heavy atom. The van der Waals surface area contributed by atoms with E-state index in [0.717, 1.165) is 6.54 Å². The minimum atomic E-state index is -0.502. The van der Waals surface area contributed by atoms with Crippen LogP contribution in [-0.4, -0.2) is 42.2 Å². The molecule has 0 aliphatic heterocycles. The van der Waals surface area contributed by atoms with Gasteiger partial charge in [-0.2, -0.15) is 0 Å². The third kappa shape index (κ3) is 6.04. The summed E-state index contributed by atoms with van der Waals surface area (Å²) in [5, 5.41) is 11.7. The molecule has 0 aromatic heterocycles. The first-order chi connectivity index (χ1) is 8.08. The maximum atomic E-state index is 11.5. The zero-order valence-electron chi connectivity index (χ0n) is 10.4. The number of nitrogens with zero attached hydrogens (tertiary/aromatic N) is 1. The second-order valence-electron chi connectivity index (χ2n) is 4.31. The Hall–Kier alpha value is -1.39. The number of carbonyl (C=O) groups is 1. The van der Waals surface area contributed by atoms with Gasteiger partial charge in [-0.05, 0) is 19.5 Å². The Labute approximate surface area is 102 Å². The molecule has 17 heavy (non-hydrogen) atoms. The third-order valence-corrected chi connectivity index (χ3v) is 2.30. The van der Waals surface area contributed by atoms with Gasteiger partial charge in [0, 0.05) is 13.1 Å². The van der Waals surface area contributed by atoms with Gasteiger partial charge in [-0.15, -0.1) is 0 Å². The van der Waals surface area contributed by atoms with Crippen LogP contribution in [0, 0.1) is 0 Å². The first-order valence-electron chi connectivity index (χ1n) is 5.75. The van der Waals surface area contributed by atoms with Gasteiger partial charge in [-0.1, -0.05) is 30.3 Å². The van der Waals surface area contributed by atoms with Crippen molar-refractivity contribution < 1.29 is 9.90 Å². The summed E-state index contributed by atoms with van der Waals surface area (Å²) in [7, 11) is 1.90. The number of amides is 1. The zero-order valence-corrected chi connectivity index (χ0v) is 10.4. The van der Waals surface area contributed by atoms with Crippen LogP contribution >= 0.6 is 0 Å². The molecule has 94 valence electrons. The average Bonchev–Trinajstić information content (AvgIpc) is 2.27. The number of carbonyl (C=O) groups excluding carboxylic acids is 1. The van der Waals surface area contributed by atoms with Gasteiger partial charge in [0.15, 0.2) is 0 Å². The standard InChI is InChI=1S/C13H20N2O2/c1-11(16)8-14-13(17)10-15(2)9-12-6-4-3-5-7-12/h3-7,11,16H,8-10H2,1-2H3,(H,14,17). The smallest absolute Gasteiger partial charge is 0.234 e. The van der Waals surface area contributed by atoms with E-state index in [1.54, 1.807) is 6.92 Å². The highest BCUT2D eigenvalue weighted by Gasteiger charge is 2.07. The summed E-state index contributed by atoms with van der Waals surface area (Å²) < 4.78 is 0. The minimum absolute atomic E-state index is 0.0654. The highest BCUT2D eigenvalue weighted by atomic mass is 16.3. The van der Waals surface area contributed by atoms with Crippen molar-refractivity contribution in [2.75, 3.05) is 20.1 Å². The third-order valence-electron chi connectivity index (χ3n) is 2.30. The number of hydrogen-bond acceptors (Lipinski definition) is 3. The van der Waals surface area contributed by atoms with Crippen molar-refractivity contribution in [3.63, 3.8) is 0 Å². The largest absolute Gasteiger partial charge is 0.392 e. The first-order valence-corrected chi connectivity index (χ1v) is 5.75. The van der Waals surface area contributed by atoms with Crippen molar-refractivity contribution in [1.29, 1.82) is 0 Å². The number of aliphatic hydroxyl groups is 1. The molecule has 0 heterocycles. The molecule has 0 radical (unpaired) electrons. The fourth-order valence-electron chi connectivity index (χ4n) is 1.51. The Balaban J connectivity index is 2.29. The van der Waals surface area contributed by atoms with Gasteiger partial charge in [-0.3, -0.25) is 9.69 Å². The van der Waals surface area contributed by atoms with Crippen molar-refractivity contribution in [3.05, 3.63) is 35.9 Å². The van der Waals surface area contributed by atoms with Gasteiger partial charge in [0.05, 0.1) is 12.6 Å². The van der Waals surface area contributed by atoms with Gasteiger partial charge in [0.1, 0.15) is 0 Å². The summed E-state index contributed by atoms with van der Waals surface area (Å²) in [5.74, 6) is -0.0654. The Kier molecular flexibility index (Phi) is 5.66. The summed E-state index contributed by atoms with van der Waals surface area (Å²) in [4.78, 5) is 13.4. The van der Waals surface area contributed by atoms with Crippen molar-refractivity contribution in [2.45, 2.75) is 19.6 Å². The Morgan fingerprint density at radius 2 is 2.06 bits per heavy atom. The van der Waals surface area contributed by atoms with Gasteiger partial charge >= 0.3 is 0 Å². The first kappa shape index (κ1) is 13.7. The average molecular weight is 236 g/mol. The fourth-order valence-corrected chi connectivity index (χ4v) is 1.51. The molecule has 0 bridgehead atoms.